The number of nitriles is 1. The van der Waals surface area contributed by atoms with Crippen molar-refractivity contribution in [2.45, 2.75) is 103 Å². The summed E-state index contributed by atoms with van der Waals surface area (Å²) in [7, 11) is 1.37. The lowest BCUT2D eigenvalue weighted by atomic mass is 9.97. The van der Waals surface area contributed by atoms with Crippen LogP contribution in [0.4, 0.5) is 29.2 Å². The van der Waals surface area contributed by atoms with E-state index in [9.17, 15) is 19.6 Å². The number of ether oxygens (including phenoxy) is 3. The van der Waals surface area contributed by atoms with Gasteiger partial charge in [0, 0.05) is 35.8 Å². The van der Waals surface area contributed by atoms with Crippen LogP contribution in [0.1, 0.15) is 85.6 Å². The summed E-state index contributed by atoms with van der Waals surface area (Å²) in [6, 6.07) is 5.67. The minimum Gasteiger partial charge on any atom is -0.481 e. The molecule has 2 aromatic carbocycles. The quantitative estimate of drug-likeness (QED) is 0.153. The maximum atomic E-state index is 16.9. The molecule has 0 radical (unpaired) electrons. The van der Waals surface area contributed by atoms with Crippen LogP contribution in [0.25, 0.3) is 32.1 Å². The summed E-state index contributed by atoms with van der Waals surface area (Å²) in [6.45, 7) is 14.9. The first-order chi connectivity index (χ1) is 28.3. The number of hydrogen-bond donors (Lipinski definition) is 2. The van der Waals surface area contributed by atoms with Crippen molar-refractivity contribution in [3.8, 4) is 23.2 Å². The first-order valence-corrected chi connectivity index (χ1v) is 21.1. The normalized spacial score (nSPS) is 17.8. The number of benzene rings is 2. The molecule has 322 valence electrons. The number of piperazine rings is 1. The van der Waals surface area contributed by atoms with Crippen LogP contribution < -0.4 is 15.0 Å². The lowest BCUT2D eigenvalue weighted by Gasteiger charge is -2.42. The molecule has 4 aromatic rings. The second kappa shape index (κ2) is 17.9. The van der Waals surface area contributed by atoms with Crippen LogP contribution in [-0.4, -0.2) is 106 Å². The first-order valence-electron chi connectivity index (χ1n) is 19.9. The molecule has 3 fully saturated rings. The Morgan fingerprint density at radius 3 is 2.27 bits per heavy atom. The highest BCUT2D eigenvalue weighted by molar-refractivity contribution is 7.23. The van der Waals surface area contributed by atoms with Gasteiger partial charge in [0.1, 0.15) is 39.4 Å². The smallest absolute Gasteiger partial charge is 0.412 e. The Hall–Kier alpha value is -5.05. The molecule has 3 aliphatic rings. The van der Waals surface area contributed by atoms with E-state index in [0.717, 1.165) is 49.6 Å². The molecular weight excluding hydrogens is 820 g/mol. The van der Waals surface area contributed by atoms with E-state index < -0.39 is 34.9 Å². The fourth-order valence-corrected chi connectivity index (χ4v) is 8.98. The van der Waals surface area contributed by atoms with Crippen LogP contribution in [0.2, 0.25) is 5.02 Å². The number of nitrogens with zero attached hydrogens (tertiary/aromatic N) is 6. The summed E-state index contributed by atoms with van der Waals surface area (Å²) in [6.07, 6.45) is 3.85. The number of hydrogen-bond acceptors (Lipinski definition) is 12. The number of anilines is 2. The van der Waals surface area contributed by atoms with Gasteiger partial charge in [-0.25, -0.2) is 18.4 Å². The number of rotatable bonds is 9. The Bertz CT molecular complexity index is 2320. The molecule has 0 aliphatic carbocycles. The van der Waals surface area contributed by atoms with Gasteiger partial charge in [-0.15, -0.1) is 11.3 Å². The first kappa shape index (κ1) is 44.5. The lowest BCUT2D eigenvalue weighted by molar-refractivity contribution is -0.137. The molecule has 2 unspecified atom stereocenters. The van der Waals surface area contributed by atoms with E-state index in [1.807, 2.05) is 31.7 Å². The standard InChI is InChI=1S/C34H35ClF2N6O5S.C8H15NO2/c1-33(2,3)47-31(44)41-29-20(13-38)23-18(10-11-22(36)27(23)49-29)24-21(35)12-19-26(25(24)37)39-30(46-7)40-28(19)42-14-16-8-9-17(15-42)43(16)32(45)48-34(4,5)6;10-8(11)4-1-2-5-9-6-3-7-9/h10-12,16-17H,8-9,14-15H2,1-7H3,(H,41,44);1-7H2,(H,10,11). The zero-order chi connectivity index (χ0) is 43.7. The number of thiophene rings is 1. The summed E-state index contributed by atoms with van der Waals surface area (Å²) in [5.41, 5.74) is -1.61. The average molecular weight is 870 g/mol. The van der Waals surface area contributed by atoms with Crippen molar-refractivity contribution < 1.29 is 42.5 Å². The molecular formula is C42H50ClF2N7O7S. The van der Waals surface area contributed by atoms with Gasteiger partial charge >= 0.3 is 24.2 Å². The number of nitrogens with one attached hydrogen (secondary N) is 1. The van der Waals surface area contributed by atoms with Crippen molar-refractivity contribution in [3.63, 3.8) is 0 Å². The van der Waals surface area contributed by atoms with Crippen molar-refractivity contribution in [2.24, 2.45) is 0 Å². The van der Waals surface area contributed by atoms with Crippen LogP contribution in [0, 0.1) is 23.0 Å². The van der Waals surface area contributed by atoms with Gasteiger partial charge in [-0.05, 0) is 111 Å². The second-order valence-electron chi connectivity index (χ2n) is 17.0. The number of halogens is 3. The number of amides is 2. The molecule has 5 heterocycles. The number of carbonyl (C=O) groups excluding carboxylic acids is 2. The summed E-state index contributed by atoms with van der Waals surface area (Å²) < 4.78 is 48.5. The summed E-state index contributed by atoms with van der Waals surface area (Å²) in [5, 5.41) is 21.4. The monoisotopic (exact) mass is 869 g/mol. The maximum Gasteiger partial charge on any atom is 0.412 e. The van der Waals surface area contributed by atoms with Gasteiger partial charge in [0.2, 0.25) is 0 Å². The number of aromatic nitrogens is 2. The number of methoxy groups -OCH3 is 1. The highest BCUT2D eigenvalue weighted by Crippen LogP contribution is 2.47. The van der Waals surface area contributed by atoms with Crippen molar-refractivity contribution in [1.29, 1.82) is 5.26 Å². The SMILES string of the molecule is COc1nc(N2CC3CCC(C2)N3C(=O)OC(C)(C)C)c2cc(Cl)c(-c3ccc(F)c4sc(NC(=O)OC(C)(C)C)c(C#N)c34)c(F)c2n1.O=C(O)CCCCN1CCC1. The fourth-order valence-electron chi connectivity index (χ4n) is 7.62. The third-order valence-electron chi connectivity index (χ3n) is 10.3. The van der Waals surface area contributed by atoms with E-state index in [1.165, 1.54) is 32.7 Å². The average Bonchev–Trinajstić information content (AvgIpc) is 3.63. The minimum atomic E-state index is -0.830. The van der Waals surface area contributed by atoms with Gasteiger partial charge < -0.3 is 29.1 Å². The van der Waals surface area contributed by atoms with Crippen LogP contribution >= 0.6 is 22.9 Å². The van der Waals surface area contributed by atoms with Gasteiger partial charge in [0.15, 0.2) is 5.82 Å². The number of carboxylic acids is 1. The molecule has 0 saturated carbocycles. The van der Waals surface area contributed by atoms with Gasteiger partial charge in [-0.1, -0.05) is 17.7 Å². The Morgan fingerprint density at radius 1 is 1.03 bits per heavy atom. The van der Waals surface area contributed by atoms with E-state index in [0.29, 0.717) is 30.7 Å². The second-order valence-corrected chi connectivity index (χ2v) is 18.5. The summed E-state index contributed by atoms with van der Waals surface area (Å²) in [4.78, 5) is 50.8. The maximum absolute atomic E-state index is 16.9. The van der Waals surface area contributed by atoms with Crippen molar-refractivity contribution in [2.75, 3.05) is 50.1 Å². The van der Waals surface area contributed by atoms with Crippen molar-refractivity contribution in [1.82, 2.24) is 19.8 Å². The lowest BCUT2D eigenvalue weighted by Crippen LogP contribution is -2.57. The fraction of sp³-hybridized carbons (Fsp3) is 0.524. The third-order valence-corrected chi connectivity index (χ3v) is 11.7. The van der Waals surface area contributed by atoms with Crippen LogP contribution in [0.3, 0.4) is 0 Å². The Morgan fingerprint density at radius 2 is 1.70 bits per heavy atom. The predicted octanol–water partition coefficient (Wildman–Crippen LogP) is 9.21. The van der Waals surface area contributed by atoms with E-state index in [1.54, 1.807) is 31.7 Å². The topological polar surface area (TPSA) is 170 Å². The van der Waals surface area contributed by atoms with Crippen molar-refractivity contribution in [3.05, 3.63) is 40.4 Å². The minimum absolute atomic E-state index is 0.0231. The third kappa shape index (κ3) is 9.93. The number of unbranched alkanes of at least 4 members (excludes halogenated alkanes) is 1. The molecule has 2 amide bonds. The predicted molar refractivity (Wildman–Crippen MR) is 226 cm³/mol. The molecule has 2 aromatic heterocycles. The Balaban J connectivity index is 0.000000477. The molecule has 2 atom stereocenters. The molecule has 14 nitrogen and oxygen atoms in total. The molecule has 3 aliphatic heterocycles. The van der Waals surface area contributed by atoms with E-state index >= 15 is 8.78 Å². The molecule has 2 bridgehead atoms. The van der Waals surface area contributed by atoms with Gasteiger partial charge in [-0.2, -0.15) is 15.2 Å². The van der Waals surface area contributed by atoms with Crippen LogP contribution in [0.5, 0.6) is 6.01 Å². The molecule has 3 saturated heterocycles. The zero-order valence-electron chi connectivity index (χ0n) is 34.8. The molecule has 2 N–H and O–H groups in total. The Kier molecular flexibility index (Phi) is 13.3. The van der Waals surface area contributed by atoms with Gasteiger partial charge in [0.25, 0.3) is 0 Å². The largest absolute Gasteiger partial charge is 0.481 e. The molecule has 0 spiro atoms. The molecule has 60 heavy (non-hydrogen) atoms. The van der Waals surface area contributed by atoms with E-state index in [2.05, 4.69) is 20.2 Å². The zero-order valence-corrected chi connectivity index (χ0v) is 36.4. The molecule has 18 heteroatoms. The Labute approximate surface area is 356 Å². The summed E-state index contributed by atoms with van der Waals surface area (Å²) in [5.74, 6) is -1.78. The van der Waals surface area contributed by atoms with Gasteiger partial charge in [0.05, 0.1) is 34.5 Å². The number of carboxylic acid groups (broad SMARTS) is 1. The van der Waals surface area contributed by atoms with E-state index in [-0.39, 0.29) is 66.5 Å². The number of fused-ring (bicyclic) bond motifs is 4. The number of aliphatic carboxylic acids is 1. The summed E-state index contributed by atoms with van der Waals surface area (Å²) >= 11 is 7.67. The highest BCUT2D eigenvalue weighted by Gasteiger charge is 2.45. The van der Waals surface area contributed by atoms with Crippen molar-refractivity contribution >= 4 is 72.9 Å². The van der Waals surface area contributed by atoms with E-state index in [4.69, 9.17) is 30.9 Å². The van der Waals surface area contributed by atoms with Crippen LogP contribution in [0.15, 0.2) is 18.2 Å². The molecule has 7 rings (SSSR count). The highest BCUT2D eigenvalue weighted by atomic mass is 35.5. The van der Waals surface area contributed by atoms with Gasteiger partial charge in [-0.3, -0.25) is 15.0 Å². The number of likely N-dealkylation sites (tertiary alicyclic amines) is 1. The van der Waals surface area contributed by atoms with Crippen LogP contribution in [-0.2, 0) is 14.3 Å². The number of carbonyl (C=O) groups is 3.